The first-order valence-corrected chi connectivity index (χ1v) is 13.3. The zero-order valence-corrected chi connectivity index (χ0v) is 20.7. The molecule has 0 heteroatoms. The van der Waals surface area contributed by atoms with Crippen LogP contribution in [-0.2, 0) is 0 Å². The molecule has 0 bridgehead atoms. The lowest BCUT2D eigenvalue weighted by molar-refractivity contribution is 1.70. The van der Waals surface area contributed by atoms with E-state index < -0.39 is 0 Å². The maximum absolute atomic E-state index is 2.45. The van der Waals surface area contributed by atoms with Crippen molar-refractivity contribution in [1.29, 1.82) is 0 Å². The third-order valence-corrected chi connectivity index (χ3v) is 8.53. The van der Waals surface area contributed by atoms with Crippen LogP contribution in [0.1, 0.15) is 0 Å². The highest BCUT2D eigenvalue weighted by Crippen LogP contribution is 2.51. The van der Waals surface area contributed by atoms with Gasteiger partial charge in [-0.15, -0.1) is 0 Å². The highest BCUT2D eigenvalue weighted by molar-refractivity contribution is 6.29. The van der Waals surface area contributed by atoms with Gasteiger partial charge in [0, 0.05) is 0 Å². The van der Waals surface area contributed by atoms with Crippen LogP contribution in [0.5, 0.6) is 0 Å². The van der Waals surface area contributed by atoms with Gasteiger partial charge >= 0.3 is 0 Å². The fourth-order valence-electron chi connectivity index (χ4n) is 6.78. The second kappa shape index (κ2) is 7.31. The van der Waals surface area contributed by atoms with E-state index in [2.05, 4.69) is 133 Å². The first-order valence-electron chi connectivity index (χ1n) is 13.3. The summed E-state index contributed by atoms with van der Waals surface area (Å²) in [6.07, 6.45) is 0. The Hall–Kier alpha value is -4.94. The van der Waals surface area contributed by atoms with Crippen LogP contribution in [0.2, 0.25) is 0 Å². The minimum atomic E-state index is 1.26. The Kier molecular flexibility index (Phi) is 3.88. The van der Waals surface area contributed by atoms with E-state index in [0.717, 1.165) is 0 Å². The van der Waals surface area contributed by atoms with Gasteiger partial charge < -0.3 is 0 Å². The Labute approximate surface area is 220 Å². The van der Waals surface area contributed by atoms with Crippen molar-refractivity contribution in [3.8, 4) is 33.4 Å². The van der Waals surface area contributed by atoms with Crippen LogP contribution in [0, 0.1) is 0 Å². The third kappa shape index (κ3) is 2.64. The van der Waals surface area contributed by atoms with Gasteiger partial charge in [0.1, 0.15) is 0 Å². The Morgan fingerprint density at radius 2 is 0.842 bits per heavy atom. The lowest BCUT2D eigenvalue weighted by Crippen LogP contribution is -1.87. The van der Waals surface area contributed by atoms with Crippen molar-refractivity contribution in [2.45, 2.75) is 0 Å². The Morgan fingerprint density at radius 3 is 1.63 bits per heavy atom. The number of benzene rings is 8. The van der Waals surface area contributed by atoms with Crippen LogP contribution >= 0.6 is 0 Å². The van der Waals surface area contributed by atoms with Gasteiger partial charge in [0.2, 0.25) is 0 Å². The molecule has 0 saturated carbocycles. The van der Waals surface area contributed by atoms with Crippen molar-refractivity contribution in [3.63, 3.8) is 0 Å². The average Bonchev–Trinajstić information content (AvgIpc) is 3.29. The normalized spacial score (nSPS) is 12.2. The van der Waals surface area contributed by atoms with E-state index in [9.17, 15) is 0 Å². The quantitative estimate of drug-likeness (QED) is 0.206. The van der Waals surface area contributed by atoms with Gasteiger partial charge in [-0.25, -0.2) is 0 Å². The van der Waals surface area contributed by atoms with Crippen molar-refractivity contribution < 1.29 is 0 Å². The molecule has 0 amide bonds. The molecule has 0 fully saturated rings. The van der Waals surface area contributed by atoms with Crippen molar-refractivity contribution in [2.24, 2.45) is 0 Å². The molecular weight excluding hydrogens is 456 g/mol. The van der Waals surface area contributed by atoms with Crippen molar-refractivity contribution in [1.82, 2.24) is 0 Å². The molecule has 0 atom stereocenters. The van der Waals surface area contributed by atoms with Crippen molar-refractivity contribution in [3.05, 3.63) is 133 Å². The molecule has 8 aromatic carbocycles. The van der Waals surface area contributed by atoms with Crippen molar-refractivity contribution in [2.75, 3.05) is 0 Å². The van der Waals surface area contributed by atoms with Gasteiger partial charge in [0.25, 0.3) is 0 Å². The molecule has 0 N–H and O–H groups in total. The number of hydrogen-bond donors (Lipinski definition) is 0. The zero-order valence-electron chi connectivity index (χ0n) is 20.7. The molecule has 0 saturated heterocycles. The summed E-state index contributed by atoms with van der Waals surface area (Å²) in [5, 5.41) is 13.1. The van der Waals surface area contributed by atoms with Crippen LogP contribution in [0.4, 0.5) is 0 Å². The molecule has 0 unspecified atom stereocenters. The third-order valence-electron chi connectivity index (χ3n) is 8.53. The fraction of sp³-hybridized carbons (Fsp3) is 0. The summed E-state index contributed by atoms with van der Waals surface area (Å²) < 4.78 is 0. The molecule has 8 aromatic rings. The maximum atomic E-state index is 2.45. The maximum Gasteiger partial charge on any atom is -0.00199 e. The summed E-state index contributed by atoms with van der Waals surface area (Å²) in [7, 11) is 0. The SMILES string of the molecule is c1ccc2cc(-c3cc4c5cccc6c5c(cc4c4ccccc34)-c3cc4ccccc4cc3-6)ccc2c1. The van der Waals surface area contributed by atoms with E-state index in [1.807, 2.05) is 0 Å². The Morgan fingerprint density at radius 1 is 0.263 bits per heavy atom. The number of rotatable bonds is 1. The lowest BCUT2D eigenvalue weighted by Gasteiger charge is -2.15. The molecule has 0 nitrogen and oxygen atoms in total. The second-order valence-corrected chi connectivity index (χ2v) is 10.5. The van der Waals surface area contributed by atoms with Gasteiger partial charge in [0.15, 0.2) is 0 Å². The van der Waals surface area contributed by atoms with Crippen LogP contribution in [0.25, 0.3) is 87.2 Å². The van der Waals surface area contributed by atoms with Crippen LogP contribution < -0.4 is 0 Å². The predicted molar refractivity (Wildman–Crippen MR) is 164 cm³/mol. The Bertz CT molecular complexity index is 2280. The standard InChI is InChI=1S/C38H22/c1-2-9-24-18-27(17-16-23(24)8-1)32-21-36-31-15-7-14-30-33-19-25-10-3-4-11-26(25)20-34(33)37(38(30)31)22-35(36)29-13-6-5-12-28(29)32/h1-22H. The molecular formula is C38H22. The van der Waals surface area contributed by atoms with Crippen LogP contribution in [0.15, 0.2) is 133 Å². The molecule has 0 aliphatic heterocycles. The highest BCUT2D eigenvalue weighted by Gasteiger charge is 2.24. The summed E-state index contributed by atoms with van der Waals surface area (Å²) in [5.74, 6) is 0. The molecule has 174 valence electrons. The molecule has 1 aliphatic carbocycles. The number of fused-ring (bicyclic) bond motifs is 9. The summed E-state index contributed by atoms with van der Waals surface area (Å²) in [6.45, 7) is 0. The highest BCUT2D eigenvalue weighted by atomic mass is 14.3. The van der Waals surface area contributed by atoms with Gasteiger partial charge in [0.05, 0.1) is 0 Å². The molecule has 9 rings (SSSR count). The smallest absolute Gasteiger partial charge is 0.00199 e. The Balaban J connectivity index is 1.42. The zero-order chi connectivity index (χ0) is 24.8. The molecule has 1 aliphatic rings. The molecule has 38 heavy (non-hydrogen) atoms. The van der Waals surface area contributed by atoms with E-state index in [1.54, 1.807) is 0 Å². The van der Waals surface area contributed by atoms with Crippen LogP contribution in [0.3, 0.4) is 0 Å². The van der Waals surface area contributed by atoms with Gasteiger partial charge in [-0.3, -0.25) is 0 Å². The number of hydrogen-bond acceptors (Lipinski definition) is 0. The summed E-state index contributed by atoms with van der Waals surface area (Å²) in [6, 6.07) is 49.6. The second-order valence-electron chi connectivity index (χ2n) is 10.5. The summed E-state index contributed by atoms with van der Waals surface area (Å²) >= 11 is 0. The molecule has 0 radical (unpaired) electrons. The van der Waals surface area contributed by atoms with Crippen LogP contribution in [-0.4, -0.2) is 0 Å². The predicted octanol–water partition coefficient (Wildman–Crippen LogP) is 10.8. The summed E-state index contributed by atoms with van der Waals surface area (Å²) in [5.41, 5.74) is 7.95. The van der Waals surface area contributed by atoms with E-state index in [4.69, 9.17) is 0 Å². The summed E-state index contributed by atoms with van der Waals surface area (Å²) in [4.78, 5) is 0. The molecule has 0 heterocycles. The lowest BCUT2D eigenvalue weighted by atomic mass is 9.88. The van der Waals surface area contributed by atoms with E-state index in [-0.39, 0.29) is 0 Å². The minimum Gasteiger partial charge on any atom is -0.0616 e. The van der Waals surface area contributed by atoms with E-state index in [1.165, 1.54) is 87.2 Å². The topological polar surface area (TPSA) is 0 Å². The minimum absolute atomic E-state index is 1.26. The van der Waals surface area contributed by atoms with Gasteiger partial charge in [-0.2, -0.15) is 0 Å². The molecule has 0 aromatic heterocycles. The first-order chi connectivity index (χ1) is 18.8. The largest absolute Gasteiger partial charge is 0.0616 e. The monoisotopic (exact) mass is 478 g/mol. The van der Waals surface area contributed by atoms with E-state index in [0.29, 0.717) is 0 Å². The fourth-order valence-corrected chi connectivity index (χ4v) is 6.78. The van der Waals surface area contributed by atoms with E-state index >= 15 is 0 Å². The van der Waals surface area contributed by atoms with Gasteiger partial charge in [-0.1, -0.05) is 103 Å². The van der Waals surface area contributed by atoms with Gasteiger partial charge in [-0.05, 0) is 118 Å². The molecule has 0 spiro atoms. The first kappa shape index (κ1) is 20.2. The van der Waals surface area contributed by atoms with Crippen molar-refractivity contribution >= 4 is 53.9 Å². The average molecular weight is 479 g/mol.